The predicted octanol–water partition coefficient (Wildman–Crippen LogP) is 5.43. The Morgan fingerprint density at radius 1 is 1.03 bits per heavy atom. The van der Waals surface area contributed by atoms with Crippen LogP contribution in [0.3, 0.4) is 0 Å². The monoisotopic (exact) mass is 496 g/mol. The number of hydrogen-bond acceptors (Lipinski definition) is 7. The third kappa shape index (κ3) is 4.66. The Hall–Kier alpha value is -4.57. The summed E-state index contributed by atoms with van der Waals surface area (Å²) in [5, 5.41) is 25.4. The van der Waals surface area contributed by atoms with Gasteiger partial charge in [0.15, 0.2) is 11.0 Å². The molecule has 1 amide bonds. The third-order valence-corrected chi connectivity index (χ3v) is 6.55. The molecule has 0 saturated carbocycles. The Bertz CT molecular complexity index is 1580. The smallest absolute Gasteiger partial charge is 0.271 e. The van der Waals surface area contributed by atoms with Gasteiger partial charge in [0.25, 0.3) is 5.69 Å². The second kappa shape index (κ2) is 9.96. The van der Waals surface area contributed by atoms with Crippen LogP contribution in [0.2, 0.25) is 0 Å². The molecule has 5 aromatic rings. The lowest BCUT2D eigenvalue weighted by atomic mass is 10.1. The molecule has 0 radical (unpaired) electrons. The summed E-state index contributed by atoms with van der Waals surface area (Å²) in [5.41, 5.74) is 2.79. The molecule has 0 unspecified atom stereocenters. The fourth-order valence-electron chi connectivity index (χ4n) is 3.85. The molecule has 0 aliphatic carbocycles. The van der Waals surface area contributed by atoms with Gasteiger partial charge in [0.2, 0.25) is 5.91 Å². The van der Waals surface area contributed by atoms with E-state index in [1.54, 1.807) is 25.4 Å². The molecule has 178 valence electrons. The Balaban J connectivity index is 1.47. The number of amides is 1. The molecule has 0 spiro atoms. The van der Waals surface area contributed by atoms with Crippen LogP contribution in [0.15, 0.2) is 90.3 Å². The van der Waals surface area contributed by atoms with Crippen molar-refractivity contribution >= 4 is 39.8 Å². The minimum absolute atomic E-state index is 0.0430. The van der Waals surface area contributed by atoms with Crippen LogP contribution in [0, 0.1) is 17.0 Å². The van der Waals surface area contributed by atoms with Crippen LogP contribution in [0.4, 0.5) is 11.4 Å². The van der Waals surface area contributed by atoms with Crippen molar-refractivity contribution in [1.29, 1.82) is 0 Å². The zero-order chi connectivity index (χ0) is 25.1. The van der Waals surface area contributed by atoms with E-state index in [9.17, 15) is 14.9 Å². The number of benzene rings is 3. The number of nitrogens with zero attached hydrogens (tertiary/aromatic N) is 5. The zero-order valence-electron chi connectivity index (χ0n) is 19.2. The van der Waals surface area contributed by atoms with E-state index in [4.69, 9.17) is 0 Å². The first kappa shape index (κ1) is 23.2. The van der Waals surface area contributed by atoms with Crippen molar-refractivity contribution < 1.29 is 9.72 Å². The maximum absolute atomic E-state index is 12.8. The Morgan fingerprint density at radius 2 is 1.81 bits per heavy atom. The summed E-state index contributed by atoms with van der Waals surface area (Å²) < 4.78 is 1.94. The number of nitro benzene ring substituents is 1. The zero-order valence-corrected chi connectivity index (χ0v) is 20.0. The van der Waals surface area contributed by atoms with Crippen LogP contribution in [0.25, 0.3) is 27.8 Å². The average Bonchev–Trinajstić information content (AvgIpc) is 3.32. The number of aryl methyl sites for hydroxylation is 1. The van der Waals surface area contributed by atoms with Gasteiger partial charge in [0.05, 0.1) is 22.1 Å². The summed E-state index contributed by atoms with van der Waals surface area (Å²) in [6.07, 6.45) is 3.39. The van der Waals surface area contributed by atoms with Gasteiger partial charge in [-0.3, -0.25) is 24.5 Å². The molecule has 0 bridgehead atoms. The summed E-state index contributed by atoms with van der Waals surface area (Å²) >= 11 is 1.24. The van der Waals surface area contributed by atoms with Crippen LogP contribution in [0.5, 0.6) is 0 Å². The van der Waals surface area contributed by atoms with E-state index < -0.39 is 4.92 Å². The van der Waals surface area contributed by atoms with Crippen molar-refractivity contribution in [2.24, 2.45) is 0 Å². The number of aromatic nitrogens is 4. The molecule has 0 fully saturated rings. The lowest BCUT2D eigenvalue weighted by Crippen LogP contribution is -2.15. The number of carbonyl (C=O) groups excluding carboxylic acids is 1. The third-order valence-electron chi connectivity index (χ3n) is 5.62. The molecular formula is C26H20N6O3S. The van der Waals surface area contributed by atoms with Crippen LogP contribution >= 0.6 is 11.8 Å². The van der Waals surface area contributed by atoms with Crippen LogP contribution in [-0.2, 0) is 4.79 Å². The Kier molecular flexibility index (Phi) is 6.42. The number of pyridine rings is 1. The van der Waals surface area contributed by atoms with Crippen molar-refractivity contribution in [3.05, 3.63) is 101 Å². The second-order valence-corrected chi connectivity index (χ2v) is 8.91. The van der Waals surface area contributed by atoms with E-state index in [1.807, 2.05) is 59.2 Å². The molecule has 1 N–H and O–H groups in total. The lowest BCUT2D eigenvalue weighted by molar-refractivity contribution is -0.384. The van der Waals surface area contributed by atoms with Gasteiger partial charge in [0.1, 0.15) is 0 Å². The first-order valence-corrected chi connectivity index (χ1v) is 12.0. The number of fused-ring (bicyclic) bond motifs is 1. The number of nitrogens with one attached hydrogen (secondary N) is 1. The summed E-state index contributed by atoms with van der Waals surface area (Å²) in [7, 11) is 0. The van der Waals surface area contributed by atoms with Crippen LogP contribution in [-0.4, -0.2) is 36.3 Å². The normalized spacial score (nSPS) is 10.9. The number of nitro groups is 1. The van der Waals surface area contributed by atoms with E-state index >= 15 is 0 Å². The average molecular weight is 497 g/mol. The van der Waals surface area contributed by atoms with Crippen molar-refractivity contribution in [2.45, 2.75) is 12.1 Å². The number of anilines is 1. The number of rotatable bonds is 7. The van der Waals surface area contributed by atoms with E-state index in [0.29, 0.717) is 16.7 Å². The summed E-state index contributed by atoms with van der Waals surface area (Å²) in [6, 6.07) is 22.1. The quantitative estimate of drug-likeness (QED) is 0.181. The van der Waals surface area contributed by atoms with Gasteiger partial charge in [-0.1, -0.05) is 54.2 Å². The van der Waals surface area contributed by atoms with Crippen molar-refractivity contribution in [3.8, 4) is 17.1 Å². The molecular weight excluding hydrogens is 476 g/mol. The van der Waals surface area contributed by atoms with Crippen LogP contribution in [0.1, 0.15) is 5.56 Å². The summed E-state index contributed by atoms with van der Waals surface area (Å²) in [4.78, 5) is 27.5. The van der Waals surface area contributed by atoms with Gasteiger partial charge in [-0.15, -0.1) is 10.2 Å². The molecule has 2 aromatic heterocycles. The number of non-ortho nitro benzene ring substituents is 1. The summed E-state index contributed by atoms with van der Waals surface area (Å²) in [6.45, 7) is 1.78. The minimum Gasteiger partial charge on any atom is -0.325 e. The molecule has 0 saturated heterocycles. The van der Waals surface area contributed by atoms with E-state index in [-0.39, 0.29) is 17.3 Å². The Labute approximate surface area is 210 Å². The number of hydrogen-bond donors (Lipinski definition) is 1. The maximum Gasteiger partial charge on any atom is 0.271 e. The van der Waals surface area contributed by atoms with E-state index in [2.05, 4.69) is 20.5 Å². The SMILES string of the molecule is Cc1ccc([N+](=O)[O-])cc1NC(=O)CSc1nnc(-c2ccncc2)n1-c1cccc2ccccc12. The van der Waals surface area contributed by atoms with Crippen molar-refractivity contribution in [2.75, 3.05) is 11.1 Å². The maximum atomic E-state index is 12.8. The molecule has 2 heterocycles. The number of thioether (sulfide) groups is 1. The molecule has 9 nitrogen and oxygen atoms in total. The first-order valence-electron chi connectivity index (χ1n) is 11.0. The first-order chi connectivity index (χ1) is 17.5. The van der Waals surface area contributed by atoms with Gasteiger partial charge in [-0.25, -0.2) is 0 Å². The summed E-state index contributed by atoms with van der Waals surface area (Å²) in [5.74, 6) is 0.370. The molecule has 5 rings (SSSR count). The fraction of sp³-hybridized carbons (Fsp3) is 0.0769. The molecule has 3 aromatic carbocycles. The van der Waals surface area contributed by atoms with Crippen molar-refractivity contribution in [3.63, 3.8) is 0 Å². The molecule has 10 heteroatoms. The lowest BCUT2D eigenvalue weighted by Gasteiger charge is -2.13. The molecule has 0 aliphatic rings. The standard InChI is InChI=1S/C26H20N6O3S/c1-17-9-10-20(32(34)35)15-22(17)28-24(33)16-36-26-30-29-25(19-11-13-27-14-12-19)31(26)23-8-4-6-18-5-2-3-7-21(18)23/h2-15H,16H2,1H3,(H,28,33). The van der Waals surface area contributed by atoms with Gasteiger partial charge in [-0.05, 0) is 36.1 Å². The predicted molar refractivity (Wildman–Crippen MR) is 139 cm³/mol. The highest BCUT2D eigenvalue weighted by Crippen LogP contribution is 2.32. The van der Waals surface area contributed by atoms with E-state index in [1.165, 1.54) is 23.9 Å². The van der Waals surface area contributed by atoms with Crippen LogP contribution < -0.4 is 5.32 Å². The van der Waals surface area contributed by atoms with Gasteiger partial charge in [0, 0.05) is 35.5 Å². The van der Waals surface area contributed by atoms with Gasteiger partial charge in [-0.2, -0.15) is 0 Å². The minimum atomic E-state index is -0.489. The largest absolute Gasteiger partial charge is 0.325 e. The number of carbonyl (C=O) groups is 1. The highest BCUT2D eigenvalue weighted by Gasteiger charge is 2.19. The molecule has 36 heavy (non-hydrogen) atoms. The highest BCUT2D eigenvalue weighted by atomic mass is 32.2. The highest BCUT2D eigenvalue weighted by molar-refractivity contribution is 7.99. The van der Waals surface area contributed by atoms with Gasteiger partial charge >= 0.3 is 0 Å². The topological polar surface area (TPSA) is 116 Å². The Morgan fingerprint density at radius 3 is 2.61 bits per heavy atom. The molecule has 0 aliphatic heterocycles. The molecule has 0 atom stereocenters. The van der Waals surface area contributed by atoms with Crippen molar-refractivity contribution in [1.82, 2.24) is 19.7 Å². The van der Waals surface area contributed by atoms with Gasteiger partial charge < -0.3 is 5.32 Å². The fourth-order valence-corrected chi connectivity index (χ4v) is 4.59. The van der Waals surface area contributed by atoms with E-state index in [0.717, 1.165) is 27.6 Å². The second-order valence-electron chi connectivity index (χ2n) is 7.97.